The lowest BCUT2D eigenvalue weighted by Crippen LogP contribution is -2.41. The van der Waals surface area contributed by atoms with Crippen LogP contribution in [0.25, 0.3) is 0 Å². The van der Waals surface area contributed by atoms with Gasteiger partial charge in [0.25, 0.3) is 12.4 Å². The number of nitrogens with one attached hydrogen (secondary N) is 2. The van der Waals surface area contributed by atoms with Crippen LogP contribution in [0.5, 0.6) is 0 Å². The van der Waals surface area contributed by atoms with Gasteiger partial charge in [0.1, 0.15) is 0 Å². The zero-order valence-electron chi connectivity index (χ0n) is 18.3. The van der Waals surface area contributed by atoms with Gasteiger partial charge in [0.15, 0.2) is 0 Å². The molecule has 1 aromatic heterocycles. The summed E-state index contributed by atoms with van der Waals surface area (Å²) >= 11 is 1.61. The van der Waals surface area contributed by atoms with E-state index in [9.17, 15) is 9.59 Å². The molecule has 1 aliphatic rings. The van der Waals surface area contributed by atoms with Crippen LogP contribution >= 0.6 is 11.3 Å². The molecular weight excluding hydrogens is 414 g/mol. The molecule has 0 atom stereocenters. The molecule has 1 aliphatic heterocycles. The summed E-state index contributed by atoms with van der Waals surface area (Å²) in [6.45, 7) is 8.51. The number of rotatable bonds is 6. The average Bonchev–Trinajstić information content (AvgIpc) is 3.28. The Labute approximate surface area is 187 Å². The highest BCUT2D eigenvalue weighted by Crippen LogP contribution is 2.23. The molecule has 0 spiro atoms. The van der Waals surface area contributed by atoms with Crippen molar-refractivity contribution >= 4 is 35.3 Å². The van der Waals surface area contributed by atoms with Gasteiger partial charge in [0.2, 0.25) is 5.91 Å². The van der Waals surface area contributed by atoms with Gasteiger partial charge >= 0.3 is 0 Å². The van der Waals surface area contributed by atoms with Crippen LogP contribution in [0.2, 0.25) is 0 Å². The van der Waals surface area contributed by atoms with Crippen molar-refractivity contribution < 1.29 is 19.5 Å². The number of carbonyl (C=O) groups is 3. The van der Waals surface area contributed by atoms with Crippen molar-refractivity contribution in [1.29, 1.82) is 0 Å². The molecule has 31 heavy (non-hydrogen) atoms. The topological polar surface area (TPSA) is 98.7 Å². The molecule has 0 unspecified atom stereocenters. The van der Waals surface area contributed by atoms with Crippen LogP contribution in [-0.4, -0.2) is 47.4 Å². The number of anilines is 1. The Kier molecular flexibility index (Phi) is 9.68. The lowest BCUT2D eigenvalue weighted by molar-refractivity contribution is -0.123. The highest BCUT2D eigenvalue weighted by atomic mass is 32.1. The van der Waals surface area contributed by atoms with Crippen LogP contribution in [0.4, 0.5) is 5.69 Å². The number of carboxylic acid groups (broad SMARTS) is 1. The average molecular weight is 446 g/mol. The monoisotopic (exact) mass is 445 g/mol. The molecule has 1 saturated heterocycles. The van der Waals surface area contributed by atoms with E-state index < -0.39 is 0 Å². The van der Waals surface area contributed by atoms with Crippen molar-refractivity contribution in [3.63, 3.8) is 0 Å². The highest BCUT2D eigenvalue weighted by molar-refractivity contribution is 7.07. The molecule has 1 aromatic carbocycles. The fourth-order valence-electron chi connectivity index (χ4n) is 3.49. The molecule has 0 saturated carbocycles. The van der Waals surface area contributed by atoms with E-state index in [0.717, 1.165) is 42.7 Å². The number of piperidine rings is 1. The summed E-state index contributed by atoms with van der Waals surface area (Å²) in [6.07, 6.45) is 1.76. The van der Waals surface area contributed by atoms with Gasteiger partial charge in [0.05, 0.1) is 0 Å². The third-order valence-corrected chi connectivity index (χ3v) is 6.15. The summed E-state index contributed by atoms with van der Waals surface area (Å²) in [5.41, 5.74) is 3.33. The third kappa shape index (κ3) is 7.48. The van der Waals surface area contributed by atoms with Crippen molar-refractivity contribution in [2.45, 2.75) is 46.2 Å². The predicted octanol–water partition coefficient (Wildman–Crippen LogP) is 3.75. The zero-order chi connectivity index (χ0) is 22.8. The second-order valence-electron chi connectivity index (χ2n) is 7.84. The van der Waals surface area contributed by atoms with Gasteiger partial charge in [-0.1, -0.05) is 6.07 Å². The van der Waals surface area contributed by atoms with E-state index in [2.05, 4.69) is 29.4 Å². The van der Waals surface area contributed by atoms with Crippen molar-refractivity contribution in [1.82, 2.24) is 10.2 Å². The largest absolute Gasteiger partial charge is 0.483 e. The quantitative estimate of drug-likeness (QED) is 0.588. The van der Waals surface area contributed by atoms with Crippen molar-refractivity contribution in [2.75, 3.05) is 18.4 Å². The molecule has 0 bridgehead atoms. The molecule has 3 rings (SSSR count). The number of carbonyl (C=O) groups excluding carboxylic acids is 2. The molecule has 1 fully saturated rings. The molecule has 8 heteroatoms. The van der Waals surface area contributed by atoms with Crippen LogP contribution < -0.4 is 10.6 Å². The second kappa shape index (κ2) is 12.2. The Morgan fingerprint density at radius 2 is 1.94 bits per heavy atom. The Balaban J connectivity index is 0.00000107. The Hall–Kier alpha value is -2.71. The van der Waals surface area contributed by atoms with Gasteiger partial charge in [-0.3, -0.25) is 14.4 Å². The zero-order valence-corrected chi connectivity index (χ0v) is 19.1. The summed E-state index contributed by atoms with van der Waals surface area (Å²) in [5, 5.41) is 16.9. The van der Waals surface area contributed by atoms with E-state index in [1.165, 1.54) is 0 Å². The van der Waals surface area contributed by atoms with Crippen LogP contribution in [0.1, 0.15) is 48.2 Å². The number of benzene rings is 1. The van der Waals surface area contributed by atoms with E-state index in [0.29, 0.717) is 18.2 Å². The summed E-state index contributed by atoms with van der Waals surface area (Å²) < 4.78 is 0. The maximum atomic E-state index is 12.7. The fraction of sp³-hybridized carbons (Fsp3) is 0.435. The van der Waals surface area contributed by atoms with Gasteiger partial charge in [0, 0.05) is 29.8 Å². The predicted molar refractivity (Wildman–Crippen MR) is 123 cm³/mol. The summed E-state index contributed by atoms with van der Waals surface area (Å²) in [4.78, 5) is 36.0. The molecule has 2 aromatic rings. The minimum absolute atomic E-state index is 0.0328. The number of aryl methyl sites for hydroxylation is 1. The number of hydrogen-bond acceptors (Lipinski definition) is 5. The minimum Gasteiger partial charge on any atom is -0.483 e. The number of amides is 2. The van der Waals surface area contributed by atoms with E-state index in [1.807, 2.05) is 29.8 Å². The first-order chi connectivity index (χ1) is 14.8. The molecule has 2 amide bonds. The molecule has 3 N–H and O–H groups in total. The standard InChI is InChI=1S/C22H29N3O2S.CH2O2/c1-15(2)25-9-6-18(7-10-25)22(27)24-20-12-19(5-4-16(20)3)21(26)23-13-17-8-11-28-14-17;2-1-3/h4-5,8,11-12,14-15,18H,6-7,9-10,13H2,1-3H3,(H,23,26)(H,24,27);1H,(H,2,3). The molecule has 168 valence electrons. The molecule has 2 heterocycles. The Morgan fingerprint density at radius 3 is 2.52 bits per heavy atom. The summed E-state index contributed by atoms with van der Waals surface area (Å²) in [5.74, 6) is -0.0419. The first-order valence-corrected chi connectivity index (χ1v) is 11.3. The fourth-order valence-corrected chi connectivity index (χ4v) is 4.16. The summed E-state index contributed by atoms with van der Waals surface area (Å²) in [6, 6.07) is 7.98. The Morgan fingerprint density at radius 1 is 1.26 bits per heavy atom. The second-order valence-corrected chi connectivity index (χ2v) is 8.62. The van der Waals surface area contributed by atoms with E-state index in [-0.39, 0.29) is 24.2 Å². The number of nitrogens with zero attached hydrogens (tertiary/aromatic N) is 1. The lowest BCUT2D eigenvalue weighted by Gasteiger charge is -2.34. The van der Waals surface area contributed by atoms with Crippen LogP contribution in [0.15, 0.2) is 35.0 Å². The smallest absolute Gasteiger partial charge is 0.290 e. The molecule has 0 radical (unpaired) electrons. The molecular formula is C23H31N3O4S. The van der Waals surface area contributed by atoms with Gasteiger partial charge in [-0.05, 0) is 86.8 Å². The maximum Gasteiger partial charge on any atom is 0.290 e. The van der Waals surface area contributed by atoms with Crippen LogP contribution in [-0.2, 0) is 16.1 Å². The SMILES string of the molecule is Cc1ccc(C(=O)NCc2ccsc2)cc1NC(=O)C1CCN(C(C)C)CC1.O=CO. The molecule has 7 nitrogen and oxygen atoms in total. The van der Waals surface area contributed by atoms with Crippen LogP contribution in [0, 0.1) is 12.8 Å². The van der Waals surface area contributed by atoms with E-state index in [4.69, 9.17) is 9.90 Å². The normalized spacial score (nSPS) is 14.5. The first-order valence-electron chi connectivity index (χ1n) is 10.4. The van der Waals surface area contributed by atoms with Crippen LogP contribution in [0.3, 0.4) is 0 Å². The summed E-state index contributed by atoms with van der Waals surface area (Å²) in [7, 11) is 0. The minimum atomic E-state index is -0.250. The number of hydrogen-bond donors (Lipinski definition) is 3. The van der Waals surface area contributed by atoms with Crippen molar-refractivity contribution in [2.24, 2.45) is 5.92 Å². The lowest BCUT2D eigenvalue weighted by atomic mass is 9.95. The van der Waals surface area contributed by atoms with Gasteiger partial charge in [-0.25, -0.2) is 0 Å². The van der Waals surface area contributed by atoms with Gasteiger partial charge in [-0.15, -0.1) is 0 Å². The first kappa shape index (κ1) is 24.6. The highest BCUT2D eigenvalue weighted by Gasteiger charge is 2.26. The van der Waals surface area contributed by atoms with Gasteiger partial charge < -0.3 is 20.6 Å². The number of likely N-dealkylation sites (tertiary alicyclic amines) is 1. The third-order valence-electron chi connectivity index (χ3n) is 5.42. The Bertz CT molecular complexity index is 860. The van der Waals surface area contributed by atoms with E-state index in [1.54, 1.807) is 23.5 Å². The maximum absolute atomic E-state index is 12.7. The number of thiophene rings is 1. The van der Waals surface area contributed by atoms with Crippen molar-refractivity contribution in [3.05, 3.63) is 51.7 Å². The van der Waals surface area contributed by atoms with Gasteiger partial charge in [-0.2, -0.15) is 11.3 Å². The molecule has 0 aliphatic carbocycles. The van der Waals surface area contributed by atoms with E-state index >= 15 is 0 Å². The van der Waals surface area contributed by atoms with Crippen molar-refractivity contribution in [3.8, 4) is 0 Å².